The Morgan fingerprint density at radius 3 is 2.92 bits per heavy atom. The lowest BCUT2D eigenvalue weighted by Crippen LogP contribution is -2.48. The second-order valence-corrected chi connectivity index (χ2v) is 3.95. The van der Waals surface area contributed by atoms with Crippen molar-refractivity contribution in [1.29, 1.82) is 0 Å². The molecule has 6 atom stereocenters. The Morgan fingerprint density at radius 2 is 2.17 bits per heavy atom. The number of aliphatic hydroxyl groups is 1. The number of rotatable bonds is 1. The molecule has 0 aromatic carbocycles. The highest BCUT2D eigenvalue weighted by Gasteiger charge is 2.62. The van der Waals surface area contributed by atoms with Gasteiger partial charge in [-0.05, 0) is 0 Å². The van der Waals surface area contributed by atoms with Gasteiger partial charge in [-0.15, -0.1) is 0 Å². The molecule has 0 radical (unpaired) electrons. The van der Waals surface area contributed by atoms with Crippen molar-refractivity contribution in [2.45, 2.75) is 24.4 Å². The van der Waals surface area contributed by atoms with Crippen LogP contribution in [0, 0.1) is 11.8 Å². The maximum Gasteiger partial charge on any atom is 0.102 e. The standard InChI is InChI=1S/C8H13NO3/c9-5-6-3(1-10)4-2-11-8(5)7(4)12-6/h3-8,10H,1-2,9H2. The zero-order valence-corrected chi connectivity index (χ0v) is 6.72. The lowest BCUT2D eigenvalue weighted by molar-refractivity contribution is 0.0542. The monoisotopic (exact) mass is 171 g/mol. The van der Waals surface area contributed by atoms with Crippen LogP contribution in [0.15, 0.2) is 0 Å². The average Bonchev–Trinajstić information content (AvgIpc) is 2.62. The van der Waals surface area contributed by atoms with Gasteiger partial charge in [0.25, 0.3) is 0 Å². The molecule has 3 saturated heterocycles. The molecule has 3 fully saturated rings. The third-order valence-corrected chi connectivity index (χ3v) is 3.48. The first kappa shape index (κ1) is 7.26. The number of ether oxygens (including phenoxy) is 2. The lowest BCUT2D eigenvalue weighted by Gasteiger charge is -2.25. The fraction of sp³-hybridized carbons (Fsp3) is 1.00. The smallest absolute Gasteiger partial charge is 0.102 e. The Morgan fingerprint density at radius 1 is 1.33 bits per heavy atom. The van der Waals surface area contributed by atoms with Crippen molar-refractivity contribution in [3.63, 3.8) is 0 Å². The third-order valence-electron chi connectivity index (χ3n) is 3.48. The van der Waals surface area contributed by atoms with Crippen molar-refractivity contribution in [3.8, 4) is 0 Å². The number of hydrogen-bond acceptors (Lipinski definition) is 4. The molecule has 2 bridgehead atoms. The summed E-state index contributed by atoms with van der Waals surface area (Å²) in [6.07, 6.45) is 0.308. The molecule has 0 spiro atoms. The highest BCUT2D eigenvalue weighted by atomic mass is 16.6. The number of nitrogens with two attached hydrogens (primary N) is 1. The van der Waals surface area contributed by atoms with Crippen molar-refractivity contribution < 1.29 is 14.6 Å². The van der Waals surface area contributed by atoms with Gasteiger partial charge < -0.3 is 20.3 Å². The maximum absolute atomic E-state index is 9.13. The molecule has 0 aliphatic carbocycles. The van der Waals surface area contributed by atoms with Crippen LogP contribution in [0.2, 0.25) is 0 Å². The summed E-state index contributed by atoms with van der Waals surface area (Å²) in [5.41, 5.74) is 5.91. The fourth-order valence-electron chi connectivity index (χ4n) is 2.86. The van der Waals surface area contributed by atoms with E-state index in [0.29, 0.717) is 12.5 Å². The zero-order chi connectivity index (χ0) is 8.29. The summed E-state index contributed by atoms with van der Waals surface area (Å²) < 4.78 is 11.2. The molecular formula is C8H13NO3. The van der Waals surface area contributed by atoms with Gasteiger partial charge in [0.05, 0.1) is 24.9 Å². The Kier molecular flexibility index (Phi) is 1.33. The quantitative estimate of drug-likeness (QED) is 0.515. The van der Waals surface area contributed by atoms with Crippen molar-refractivity contribution in [2.24, 2.45) is 17.6 Å². The van der Waals surface area contributed by atoms with E-state index >= 15 is 0 Å². The van der Waals surface area contributed by atoms with E-state index in [1.54, 1.807) is 0 Å². The predicted molar refractivity (Wildman–Crippen MR) is 40.4 cm³/mol. The Labute approximate surface area is 70.6 Å². The normalized spacial score (nSPS) is 61.5. The minimum atomic E-state index is -0.0223. The van der Waals surface area contributed by atoms with Crippen LogP contribution >= 0.6 is 0 Å². The summed E-state index contributed by atoms with van der Waals surface area (Å²) in [4.78, 5) is 0. The second-order valence-electron chi connectivity index (χ2n) is 3.95. The van der Waals surface area contributed by atoms with Crippen LogP contribution < -0.4 is 5.73 Å². The van der Waals surface area contributed by atoms with Gasteiger partial charge in [-0.3, -0.25) is 0 Å². The number of hydrogen-bond donors (Lipinski definition) is 2. The van der Waals surface area contributed by atoms with Gasteiger partial charge in [-0.25, -0.2) is 0 Å². The van der Waals surface area contributed by atoms with E-state index in [1.165, 1.54) is 0 Å². The summed E-state index contributed by atoms with van der Waals surface area (Å²) in [5, 5.41) is 9.13. The molecule has 12 heavy (non-hydrogen) atoms. The largest absolute Gasteiger partial charge is 0.396 e. The Hall–Kier alpha value is -0.160. The van der Waals surface area contributed by atoms with Crippen LogP contribution in [0.3, 0.4) is 0 Å². The van der Waals surface area contributed by atoms with Crippen LogP contribution in [-0.4, -0.2) is 42.7 Å². The van der Waals surface area contributed by atoms with Crippen molar-refractivity contribution in [2.75, 3.05) is 13.2 Å². The van der Waals surface area contributed by atoms with Gasteiger partial charge in [-0.1, -0.05) is 0 Å². The van der Waals surface area contributed by atoms with E-state index in [9.17, 15) is 0 Å². The third kappa shape index (κ3) is 0.633. The van der Waals surface area contributed by atoms with Gasteiger partial charge >= 0.3 is 0 Å². The van der Waals surface area contributed by atoms with Crippen molar-refractivity contribution in [1.82, 2.24) is 0 Å². The lowest BCUT2D eigenvalue weighted by atomic mass is 9.78. The summed E-state index contributed by atoms with van der Waals surface area (Å²) in [6, 6.07) is -0.0223. The summed E-state index contributed by atoms with van der Waals surface area (Å²) >= 11 is 0. The van der Waals surface area contributed by atoms with E-state index in [4.69, 9.17) is 20.3 Å². The molecule has 0 saturated carbocycles. The SMILES string of the molecule is NC1C2OC3C(COC13)C2CO. The molecule has 6 unspecified atom stereocenters. The molecule has 0 aromatic heterocycles. The predicted octanol–water partition coefficient (Wildman–Crippen LogP) is -1.28. The molecule has 0 aromatic rings. The summed E-state index contributed by atoms with van der Waals surface area (Å²) in [6.45, 7) is 0.889. The van der Waals surface area contributed by atoms with Gasteiger partial charge in [-0.2, -0.15) is 0 Å². The van der Waals surface area contributed by atoms with Gasteiger partial charge in [0, 0.05) is 18.4 Å². The Bertz CT molecular complexity index is 210. The molecule has 3 rings (SSSR count). The van der Waals surface area contributed by atoms with Crippen molar-refractivity contribution >= 4 is 0 Å². The molecule has 3 aliphatic heterocycles. The van der Waals surface area contributed by atoms with Crippen LogP contribution in [0.1, 0.15) is 0 Å². The molecule has 3 N–H and O–H groups in total. The van der Waals surface area contributed by atoms with Crippen LogP contribution in [0.25, 0.3) is 0 Å². The molecule has 4 heteroatoms. The van der Waals surface area contributed by atoms with Crippen LogP contribution in [-0.2, 0) is 9.47 Å². The first-order valence-electron chi connectivity index (χ1n) is 4.46. The zero-order valence-electron chi connectivity index (χ0n) is 6.72. The van der Waals surface area contributed by atoms with Crippen LogP contribution in [0.5, 0.6) is 0 Å². The first-order valence-corrected chi connectivity index (χ1v) is 4.46. The highest BCUT2D eigenvalue weighted by Crippen LogP contribution is 2.48. The highest BCUT2D eigenvalue weighted by molar-refractivity contribution is 5.11. The molecule has 3 aliphatic rings. The topological polar surface area (TPSA) is 64.7 Å². The minimum absolute atomic E-state index is 0.0223. The molecular weight excluding hydrogens is 158 g/mol. The number of fused-ring (bicyclic) bond motifs is 1. The summed E-state index contributed by atoms with van der Waals surface area (Å²) in [7, 11) is 0. The van der Waals surface area contributed by atoms with E-state index in [2.05, 4.69) is 0 Å². The van der Waals surface area contributed by atoms with Crippen LogP contribution in [0.4, 0.5) is 0 Å². The van der Waals surface area contributed by atoms with Gasteiger partial charge in [0.1, 0.15) is 6.10 Å². The fourth-order valence-corrected chi connectivity index (χ4v) is 2.86. The average molecular weight is 171 g/mol. The van der Waals surface area contributed by atoms with Gasteiger partial charge in [0.2, 0.25) is 0 Å². The van der Waals surface area contributed by atoms with E-state index in [-0.39, 0.29) is 36.9 Å². The molecule has 4 nitrogen and oxygen atoms in total. The number of aliphatic hydroxyl groups excluding tert-OH is 1. The maximum atomic E-state index is 9.13. The minimum Gasteiger partial charge on any atom is -0.396 e. The molecule has 68 valence electrons. The molecule has 3 heterocycles. The van der Waals surface area contributed by atoms with E-state index < -0.39 is 0 Å². The van der Waals surface area contributed by atoms with Crippen molar-refractivity contribution in [3.05, 3.63) is 0 Å². The van der Waals surface area contributed by atoms with E-state index in [1.807, 2.05) is 0 Å². The van der Waals surface area contributed by atoms with Gasteiger partial charge in [0.15, 0.2) is 0 Å². The summed E-state index contributed by atoms with van der Waals surface area (Å²) in [5.74, 6) is 0.605. The molecule has 0 amide bonds. The Balaban J connectivity index is 1.95. The first-order chi connectivity index (χ1) is 5.83. The van der Waals surface area contributed by atoms with E-state index in [0.717, 1.165) is 0 Å². The second kappa shape index (κ2) is 2.20.